The van der Waals surface area contributed by atoms with Gasteiger partial charge in [0.1, 0.15) is 5.82 Å². The summed E-state index contributed by atoms with van der Waals surface area (Å²) in [4.78, 5) is 3.18. The molecule has 0 aliphatic rings. The quantitative estimate of drug-likeness (QED) is 0.731. The lowest BCUT2D eigenvalue weighted by Gasteiger charge is -2.17. The molecule has 0 unspecified atom stereocenters. The molecule has 15 heavy (non-hydrogen) atoms. The first-order chi connectivity index (χ1) is 6.89. The number of nitrogens with one attached hydrogen (secondary N) is 1. The SMILES string of the molecule is CC(C)(C)c1c[nH]c2c(Br)cc(F)cc12. The molecule has 3 heteroatoms. The molecule has 0 radical (unpaired) electrons. The maximum atomic E-state index is 13.3. The molecule has 0 spiro atoms. The predicted octanol–water partition coefficient (Wildman–Crippen LogP) is 4.37. The maximum absolute atomic E-state index is 13.3. The van der Waals surface area contributed by atoms with Gasteiger partial charge in [-0.25, -0.2) is 4.39 Å². The third-order valence-corrected chi connectivity index (χ3v) is 3.14. The Kier molecular flexibility index (Phi) is 2.38. The molecule has 1 nitrogen and oxygen atoms in total. The minimum atomic E-state index is -0.209. The van der Waals surface area contributed by atoms with E-state index in [1.54, 1.807) is 6.07 Å². The smallest absolute Gasteiger partial charge is 0.125 e. The van der Waals surface area contributed by atoms with Crippen LogP contribution in [0.2, 0.25) is 0 Å². The molecular formula is C12H13BrFN. The molecule has 0 fully saturated rings. The van der Waals surface area contributed by atoms with E-state index in [1.807, 2.05) is 6.20 Å². The van der Waals surface area contributed by atoms with Crippen LogP contribution >= 0.6 is 15.9 Å². The van der Waals surface area contributed by atoms with E-state index in [0.29, 0.717) is 0 Å². The molecule has 2 aromatic rings. The highest BCUT2D eigenvalue weighted by Gasteiger charge is 2.19. The van der Waals surface area contributed by atoms with E-state index in [2.05, 4.69) is 41.7 Å². The fourth-order valence-corrected chi connectivity index (χ4v) is 2.32. The summed E-state index contributed by atoms with van der Waals surface area (Å²) in [5, 5.41) is 0.953. The summed E-state index contributed by atoms with van der Waals surface area (Å²) in [5.74, 6) is -0.209. The van der Waals surface area contributed by atoms with Crippen LogP contribution in [0.15, 0.2) is 22.8 Å². The summed E-state index contributed by atoms with van der Waals surface area (Å²) in [6.07, 6.45) is 1.95. The van der Waals surface area contributed by atoms with Crippen LogP contribution in [0.3, 0.4) is 0 Å². The van der Waals surface area contributed by atoms with Crippen molar-refractivity contribution < 1.29 is 4.39 Å². The first-order valence-electron chi connectivity index (χ1n) is 4.86. The highest BCUT2D eigenvalue weighted by atomic mass is 79.9. The molecule has 2 rings (SSSR count). The Morgan fingerprint density at radius 1 is 1.27 bits per heavy atom. The number of hydrogen-bond acceptors (Lipinski definition) is 0. The number of halogens is 2. The first-order valence-corrected chi connectivity index (χ1v) is 5.65. The van der Waals surface area contributed by atoms with Crippen LogP contribution in [0.4, 0.5) is 4.39 Å². The van der Waals surface area contributed by atoms with Crippen LogP contribution in [0.25, 0.3) is 10.9 Å². The second-order valence-corrected chi connectivity index (χ2v) is 5.62. The number of H-pyrrole nitrogens is 1. The lowest BCUT2D eigenvalue weighted by molar-refractivity contribution is 0.594. The molecule has 0 aliphatic carbocycles. The third-order valence-electron chi connectivity index (χ3n) is 2.51. The minimum Gasteiger partial charge on any atom is -0.360 e. The van der Waals surface area contributed by atoms with E-state index >= 15 is 0 Å². The molecule has 1 aromatic carbocycles. The molecule has 1 N–H and O–H groups in total. The molecule has 80 valence electrons. The molecule has 0 bridgehead atoms. The topological polar surface area (TPSA) is 15.8 Å². The zero-order valence-corrected chi connectivity index (χ0v) is 10.6. The Labute approximate surface area is 96.8 Å². The Bertz CT molecular complexity index is 508. The van der Waals surface area contributed by atoms with Gasteiger partial charge in [-0.05, 0) is 39.0 Å². The number of benzene rings is 1. The predicted molar refractivity (Wildman–Crippen MR) is 64.7 cm³/mol. The van der Waals surface area contributed by atoms with E-state index in [1.165, 1.54) is 6.07 Å². The van der Waals surface area contributed by atoms with Crippen LogP contribution in [0.1, 0.15) is 26.3 Å². The third kappa shape index (κ3) is 1.81. The molecule has 0 atom stereocenters. The summed E-state index contributed by atoms with van der Waals surface area (Å²) in [5.41, 5.74) is 2.12. The molecule has 0 saturated carbocycles. The van der Waals surface area contributed by atoms with Crippen molar-refractivity contribution in [1.82, 2.24) is 4.98 Å². The lowest BCUT2D eigenvalue weighted by atomic mass is 9.87. The van der Waals surface area contributed by atoms with Crippen LogP contribution in [0, 0.1) is 5.82 Å². The fourth-order valence-electron chi connectivity index (χ4n) is 1.78. The number of fused-ring (bicyclic) bond motifs is 1. The molecule has 1 aromatic heterocycles. The Hall–Kier alpha value is -0.830. The van der Waals surface area contributed by atoms with Crippen molar-refractivity contribution in [2.24, 2.45) is 0 Å². The van der Waals surface area contributed by atoms with Gasteiger partial charge in [0.2, 0.25) is 0 Å². The van der Waals surface area contributed by atoms with Gasteiger partial charge in [0, 0.05) is 16.1 Å². The zero-order valence-electron chi connectivity index (χ0n) is 8.99. The molecule has 0 aliphatic heterocycles. The van der Waals surface area contributed by atoms with Crippen molar-refractivity contribution in [3.63, 3.8) is 0 Å². The molecule has 0 amide bonds. The van der Waals surface area contributed by atoms with Crippen molar-refractivity contribution in [1.29, 1.82) is 0 Å². The second kappa shape index (κ2) is 3.34. The normalized spacial score (nSPS) is 12.3. The number of rotatable bonds is 0. The number of aromatic amines is 1. The summed E-state index contributed by atoms with van der Waals surface area (Å²) in [7, 11) is 0. The monoisotopic (exact) mass is 269 g/mol. The van der Waals surface area contributed by atoms with Crippen LogP contribution < -0.4 is 0 Å². The lowest BCUT2D eigenvalue weighted by Crippen LogP contribution is -2.09. The largest absolute Gasteiger partial charge is 0.360 e. The van der Waals surface area contributed by atoms with E-state index in [9.17, 15) is 4.39 Å². The van der Waals surface area contributed by atoms with Crippen molar-refractivity contribution >= 4 is 26.8 Å². The van der Waals surface area contributed by atoms with Crippen molar-refractivity contribution in [2.45, 2.75) is 26.2 Å². The highest BCUT2D eigenvalue weighted by Crippen LogP contribution is 2.33. The van der Waals surface area contributed by atoms with Crippen molar-refractivity contribution in [3.8, 4) is 0 Å². The van der Waals surface area contributed by atoms with Gasteiger partial charge >= 0.3 is 0 Å². The first kappa shape index (κ1) is 10.7. The standard InChI is InChI=1S/C12H13BrFN/c1-12(2,3)9-6-15-11-8(9)4-7(14)5-10(11)13/h4-6,15H,1-3H3. The average Bonchev–Trinajstić information content (AvgIpc) is 2.45. The summed E-state index contributed by atoms with van der Waals surface area (Å²) >= 11 is 3.36. The van der Waals surface area contributed by atoms with Crippen LogP contribution in [-0.2, 0) is 5.41 Å². The summed E-state index contributed by atoms with van der Waals surface area (Å²) in [6, 6.07) is 3.06. The highest BCUT2D eigenvalue weighted by molar-refractivity contribution is 9.10. The van der Waals surface area contributed by atoms with Crippen molar-refractivity contribution in [2.75, 3.05) is 0 Å². The molecule has 0 saturated heterocycles. The second-order valence-electron chi connectivity index (χ2n) is 4.76. The van der Waals surface area contributed by atoms with Gasteiger partial charge in [0.05, 0.1) is 5.52 Å². The number of hydrogen-bond donors (Lipinski definition) is 1. The summed E-state index contributed by atoms with van der Waals surface area (Å²) < 4.78 is 14.1. The number of aromatic nitrogens is 1. The van der Waals surface area contributed by atoms with Gasteiger partial charge in [-0.15, -0.1) is 0 Å². The van der Waals surface area contributed by atoms with Gasteiger partial charge in [-0.1, -0.05) is 20.8 Å². The Morgan fingerprint density at radius 3 is 2.53 bits per heavy atom. The van der Waals surface area contributed by atoms with E-state index in [0.717, 1.165) is 20.9 Å². The molecular weight excluding hydrogens is 257 g/mol. The zero-order chi connectivity index (χ0) is 11.2. The summed E-state index contributed by atoms with van der Waals surface area (Å²) in [6.45, 7) is 6.36. The van der Waals surface area contributed by atoms with Gasteiger partial charge in [0.15, 0.2) is 0 Å². The minimum absolute atomic E-state index is 0.0193. The van der Waals surface area contributed by atoms with Crippen LogP contribution in [-0.4, -0.2) is 4.98 Å². The van der Waals surface area contributed by atoms with Gasteiger partial charge < -0.3 is 4.98 Å². The molecule has 1 heterocycles. The van der Waals surface area contributed by atoms with Crippen molar-refractivity contribution in [3.05, 3.63) is 34.2 Å². The maximum Gasteiger partial charge on any atom is 0.125 e. The van der Waals surface area contributed by atoms with Crippen LogP contribution in [0.5, 0.6) is 0 Å². The van der Waals surface area contributed by atoms with Gasteiger partial charge in [0.25, 0.3) is 0 Å². The van der Waals surface area contributed by atoms with Gasteiger partial charge in [-0.3, -0.25) is 0 Å². The average molecular weight is 270 g/mol. The van der Waals surface area contributed by atoms with E-state index in [4.69, 9.17) is 0 Å². The Morgan fingerprint density at radius 2 is 1.93 bits per heavy atom. The van der Waals surface area contributed by atoms with E-state index in [-0.39, 0.29) is 11.2 Å². The van der Waals surface area contributed by atoms with E-state index < -0.39 is 0 Å². The van der Waals surface area contributed by atoms with Gasteiger partial charge in [-0.2, -0.15) is 0 Å². The fraction of sp³-hybridized carbons (Fsp3) is 0.333. The Balaban J connectivity index is 2.80.